The Balaban J connectivity index is 2.20. The van der Waals surface area contributed by atoms with Gasteiger partial charge < -0.3 is 5.32 Å². The molecule has 1 heterocycles. The van der Waals surface area contributed by atoms with Crippen LogP contribution in [0, 0.1) is 0 Å². The van der Waals surface area contributed by atoms with E-state index >= 15 is 0 Å². The molecule has 0 aliphatic carbocycles. The van der Waals surface area contributed by atoms with Crippen LogP contribution in [0.15, 0.2) is 42.5 Å². The average Bonchev–Trinajstić information content (AvgIpc) is 2.76. The summed E-state index contributed by atoms with van der Waals surface area (Å²) < 4.78 is 0. The van der Waals surface area contributed by atoms with Gasteiger partial charge in [-0.2, -0.15) is 0 Å². The Morgan fingerprint density at radius 1 is 1.00 bits per heavy atom. The van der Waals surface area contributed by atoms with Crippen molar-refractivity contribution in [3.8, 4) is 0 Å². The Morgan fingerprint density at radius 3 is 2.65 bits per heavy atom. The van der Waals surface area contributed by atoms with Gasteiger partial charge in [-0.15, -0.1) is 0 Å². The smallest absolute Gasteiger partial charge is 0.256 e. The molecule has 3 aromatic carbocycles. The number of anilines is 1. The summed E-state index contributed by atoms with van der Waals surface area (Å²) in [5, 5.41) is 7.53. The fraction of sp³-hybridized carbons (Fsp3) is 0.167. The molecule has 0 aromatic heterocycles. The Bertz CT molecular complexity index is 877. The molecule has 2 nitrogen and oxygen atoms in total. The van der Waals surface area contributed by atoms with Gasteiger partial charge in [-0.3, -0.25) is 4.79 Å². The van der Waals surface area contributed by atoms with Crippen LogP contribution in [0.25, 0.3) is 21.5 Å². The third kappa shape index (κ3) is 1.42. The van der Waals surface area contributed by atoms with E-state index in [0.717, 1.165) is 27.4 Å². The van der Waals surface area contributed by atoms with Crippen molar-refractivity contribution in [2.75, 3.05) is 5.32 Å². The molecule has 0 unspecified atom stereocenters. The van der Waals surface area contributed by atoms with E-state index in [1.807, 2.05) is 18.2 Å². The number of fused-ring (bicyclic) bond motifs is 2. The molecule has 1 aliphatic rings. The lowest BCUT2D eigenvalue weighted by atomic mass is 9.94. The van der Waals surface area contributed by atoms with E-state index in [9.17, 15) is 4.79 Å². The molecule has 2 heteroatoms. The normalized spacial score (nSPS) is 13.4. The second kappa shape index (κ2) is 3.83. The molecule has 0 radical (unpaired) electrons. The minimum absolute atomic E-state index is 0.00559. The van der Waals surface area contributed by atoms with Crippen molar-refractivity contribution >= 4 is 33.1 Å². The topological polar surface area (TPSA) is 29.1 Å². The van der Waals surface area contributed by atoms with Gasteiger partial charge in [0.05, 0.1) is 5.56 Å². The molecule has 1 aliphatic heterocycles. The standard InChI is InChI=1S/C18H15NO/c1-10(2)11-6-7-12-9-15-17-13(14(12)8-11)4-3-5-16(17)19-18(15)20/h3-10H,1-2H3,(H,19,20). The molecule has 1 N–H and O–H groups in total. The van der Waals surface area contributed by atoms with Gasteiger partial charge in [-0.05, 0) is 39.8 Å². The van der Waals surface area contributed by atoms with E-state index in [1.54, 1.807) is 0 Å². The van der Waals surface area contributed by atoms with E-state index < -0.39 is 0 Å². The predicted octanol–water partition coefficient (Wildman–Crippen LogP) is 4.68. The maximum absolute atomic E-state index is 12.1. The number of carbonyl (C=O) groups is 1. The van der Waals surface area contributed by atoms with Gasteiger partial charge in [0.15, 0.2) is 0 Å². The van der Waals surface area contributed by atoms with Crippen LogP contribution in [0.4, 0.5) is 5.69 Å². The van der Waals surface area contributed by atoms with Crippen LogP contribution in [-0.4, -0.2) is 5.91 Å². The molecule has 98 valence electrons. The van der Waals surface area contributed by atoms with Gasteiger partial charge >= 0.3 is 0 Å². The number of carbonyl (C=O) groups excluding carboxylic acids is 1. The molecule has 20 heavy (non-hydrogen) atoms. The van der Waals surface area contributed by atoms with Gasteiger partial charge in [-0.1, -0.05) is 44.2 Å². The van der Waals surface area contributed by atoms with Crippen LogP contribution in [0.5, 0.6) is 0 Å². The first-order valence-corrected chi connectivity index (χ1v) is 6.96. The van der Waals surface area contributed by atoms with Crippen molar-refractivity contribution in [3.63, 3.8) is 0 Å². The van der Waals surface area contributed by atoms with Crippen molar-refractivity contribution in [2.45, 2.75) is 19.8 Å². The molecule has 4 rings (SSSR count). The second-order valence-electron chi connectivity index (χ2n) is 5.74. The summed E-state index contributed by atoms with van der Waals surface area (Å²) in [6.07, 6.45) is 0. The molecule has 0 fully saturated rings. The highest BCUT2D eigenvalue weighted by molar-refractivity contribution is 6.28. The van der Waals surface area contributed by atoms with Crippen molar-refractivity contribution in [2.24, 2.45) is 0 Å². The number of benzene rings is 3. The molecule has 0 saturated carbocycles. The summed E-state index contributed by atoms with van der Waals surface area (Å²) in [7, 11) is 0. The monoisotopic (exact) mass is 261 g/mol. The van der Waals surface area contributed by atoms with E-state index in [4.69, 9.17) is 0 Å². The van der Waals surface area contributed by atoms with Gasteiger partial charge in [0.25, 0.3) is 5.91 Å². The predicted molar refractivity (Wildman–Crippen MR) is 83.5 cm³/mol. The molecule has 3 aromatic rings. The highest BCUT2D eigenvalue weighted by Crippen LogP contribution is 2.38. The summed E-state index contributed by atoms with van der Waals surface area (Å²) in [6, 6.07) is 14.6. The number of hydrogen-bond donors (Lipinski definition) is 1. The lowest BCUT2D eigenvalue weighted by Crippen LogP contribution is -2.03. The van der Waals surface area contributed by atoms with Gasteiger partial charge in [0, 0.05) is 11.1 Å². The molecule has 0 atom stereocenters. The first kappa shape index (κ1) is 11.5. The van der Waals surface area contributed by atoms with Crippen LogP contribution < -0.4 is 5.32 Å². The minimum atomic E-state index is 0.00559. The zero-order chi connectivity index (χ0) is 13.9. The van der Waals surface area contributed by atoms with Crippen molar-refractivity contribution in [3.05, 3.63) is 53.6 Å². The minimum Gasteiger partial charge on any atom is -0.321 e. The van der Waals surface area contributed by atoms with Gasteiger partial charge in [0.1, 0.15) is 0 Å². The maximum atomic E-state index is 12.1. The number of nitrogens with one attached hydrogen (secondary N) is 1. The highest BCUT2D eigenvalue weighted by atomic mass is 16.1. The molecule has 0 bridgehead atoms. The molecule has 0 saturated heterocycles. The van der Waals surface area contributed by atoms with E-state index in [0.29, 0.717) is 5.92 Å². The first-order valence-electron chi connectivity index (χ1n) is 6.96. The van der Waals surface area contributed by atoms with E-state index in [2.05, 4.69) is 43.4 Å². The highest BCUT2D eigenvalue weighted by Gasteiger charge is 2.22. The number of hydrogen-bond acceptors (Lipinski definition) is 1. The van der Waals surface area contributed by atoms with Crippen molar-refractivity contribution < 1.29 is 4.79 Å². The molecular formula is C18H15NO. The third-order valence-corrected chi connectivity index (χ3v) is 4.16. The van der Waals surface area contributed by atoms with E-state index in [-0.39, 0.29) is 5.91 Å². The Kier molecular flexibility index (Phi) is 2.19. The summed E-state index contributed by atoms with van der Waals surface area (Å²) in [5.74, 6) is 0.508. The molecular weight excluding hydrogens is 246 g/mol. The van der Waals surface area contributed by atoms with Crippen LogP contribution >= 0.6 is 0 Å². The Morgan fingerprint density at radius 2 is 1.85 bits per heavy atom. The average molecular weight is 261 g/mol. The van der Waals surface area contributed by atoms with Crippen LogP contribution in [-0.2, 0) is 0 Å². The lowest BCUT2D eigenvalue weighted by molar-refractivity contribution is 0.103. The quantitative estimate of drug-likeness (QED) is 0.633. The van der Waals surface area contributed by atoms with Crippen LogP contribution in [0.3, 0.4) is 0 Å². The third-order valence-electron chi connectivity index (χ3n) is 4.16. The van der Waals surface area contributed by atoms with Crippen molar-refractivity contribution in [1.82, 2.24) is 0 Å². The lowest BCUT2D eigenvalue weighted by Gasteiger charge is -2.10. The largest absolute Gasteiger partial charge is 0.321 e. The fourth-order valence-electron chi connectivity index (χ4n) is 3.06. The summed E-state index contributed by atoms with van der Waals surface area (Å²) in [6.45, 7) is 4.40. The SMILES string of the molecule is CC(C)c1ccc2cc3c4c(cccc4c2c1)NC3=O. The maximum Gasteiger partial charge on any atom is 0.256 e. The van der Waals surface area contributed by atoms with Crippen LogP contribution in [0.2, 0.25) is 0 Å². The zero-order valence-electron chi connectivity index (χ0n) is 11.5. The van der Waals surface area contributed by atoms with Crippen molar-refractivity contribution in [1.29, 1.82) is 0 Å². The summed E-state index contributed by atoms with van der Waals surface area (Å²) >= 11 is 0. The summed E-state index contributed by atoms with van der Waals surface area (Å²) in [4.78, 5) is 12.1. The Hall–Kier alpha value is -2.35. The molecule has 0 spiro atoms. The number of rotatable bonds is 1. The van der Waals surface area contributed by atoms with Gasteiger partial charge in [0.2, 0.25) is 0 Å². The van der Waals surface area contributed by atoms with Crippen LogP contribution in [0.1, 0.15) is 35.7 Å². The molecule has 1 amide bonds. The Labute approximate surface area is 117 Å². The summed E-state index contributed by atoms with van der Waals surface area (Å²) in [5.41, 5.74) is 3.05. The van der Waals surface area contributed by atoms with Gasteiger partial charge in [-0.25, -0.2) is 0 Å². The second-order valence-corrected chi connectivity index (χ2v) is 5.74. The zero-order valence-corrected chi connectivity index (χ0v) is 11.5. The first-order chi connectivity index (χ1) is 9.65. The van der Waals surface area contributed by atoms with E-state index in [1.165, 1.54) is 10.9 Å². The number of amides is 1. The fourth-order valence-corrected chi connectivity index (χ4v) is 3.06.